The predicted octanol–water partition coefficient (Wildman–Crippen LogP) is 1.06. The Kier molecular flexibility index (Phi) is 4.70. The van der Waals surface area contributed by atoms with Gasteiger partial charge in [0.05, 0.1) is 6.20 Å². The molecule has 2 unspecified atom stereocenters. The van der Waals surface area contributed by atoms with Crippen molar-refractivity contribution in [3.8, 4) is 0 Å². The quantitative estimate of drug-likeness (QED) is 0.840. The molecule has 1 heterocycles. The number of nitrogens with zero attached hydrogens (tertiary/aromatic N) is 3. The third kappa shape index (κ3) is 3.55. The van der Waals surface area contributed by atoms with E-state index in [1.165, 1.54) is 17.3 Å². The summed E-state index contributed by atoms with van der Waals surface area (Å²) in [6.07, 6.45) is 6.89. The molecule has 0 saturated heterocycles. The van der Waals surface area contributed by atoms with E-state index in [4.69, 9.17) is 5.11 Å². The fourth-order valence-corrected chi connectivity index (χ4v) is 2.76. The third-order valence-electron chi connectivity index (χ3n) is 3.84. The van der Waals surface area contributed by atoms with Crippen LogP contribution in [0.25, 0.3) is 0 Å². The Morgan fingerprint density at radius 1 is 1.45 bits per heavy atom. The van der Waals surface area contributed by atoms with Crippen molar-refractivity contribution >= 4 is 11.9 Å². The zero-order chi connectivity index (χ0) is 14.5. The average Bonchev–Trinajstić information content (AvgIpc) is 2.88. The van der Waals surface area contributed by atoms with Crippen molar-refractivity contribution in [3.63, 3.8) is 0 Å². The van der Waals surface area contributed by atoms with Crippen LogP contribution in [0.5, 0.6) is 0 Å². The van der Waals surface area contributed by atoms with Crippen LogP contribution in [-0.4, -0.2) is 38.0 Å². The first-order valence-electron chi connectivity index (χ1n) is 7.03. The Labute approximate surface area is 117 Å². The summed E-state index contributed by atoms with van der Waals surface area (Å²) in [5, 5.41) is 18.9. The monoisotopic (exact) mass is 280 g/mol. The van der Waals surface area contributed by atoms with Gasteiger partial charge in [-0.2, -0.15) is 0 Å². The normalized spacial score (nSPS) is 22.4. The summed E-state index contributed by atoms with van der Waals surface area (Å²) in [4.78, 5) is 22.7. The molecule has 1 aromatic heterocycles. The van der Waals surface area contributed by atoms with Gasteiger partial charge < -0.3 is 10.4 Å². The van der Waals surface area contributed by atoms with Crippen molar-refractivity contribution in [2.24, 2.45) is 5.92 Å². The van der Waals surface area contributed by atoms with E-state index >= 15 is 0 Å². The lowest BCUT2D eigenvalue weighted by Gasteiger charge is -2.31. The van der Waals surface area contributed by atoms with Crippen LogP contribution in [0.3, 0.4) is 0 Å². The van der Waals surface area contributed by atoms with Crippen molar-refractivity contribution in [1.29, 1.82) is 0 Å². The Hall–Kier alpha value is -1.92. The summed E-state index contributed by atoms with van der Waals surface area (Å²) in [5.74, 6) is -0.745. The van der Waals surface area contributed by atoms with Crippen LogP contribution in [0.4, 0.5) is 0 Å². The van der Waals surface area contributed by atoms with Crippen molar-refractivity contribution in [2.75, 3.05) is 0 Å². The minimum absolute atomic E-state index is 0.00716. The minimum Gasteiger partial charge on any atom is -0.476 e. The number of aromatic nitrogens is 3. The molecule has 1 aromatic rings. The molecule has 7 nitrogen and oxygen atoms in total. The van der Waals surface area contributed by atoms with E-state index in [1.54, 1.807) is 0 Å². The number of nitrogens with one attached hydrogen (secondary N) is 1. The SMILES string of the molecule is CCC1CCCCC1NC(=O)Cn1cc(C(=O)O)nn1. The molecule has 0 aromatic carbocycles. The van der Waals surface area contributed by atoms with Crippen molar-refractivity contribution in [1.82, 2.24) is 20.3 Å². The molecule has 0 radical (unpaired) electrons. The molecular formula is C13H20N4O3. The first-order valence-corrected chi connectivity index (χ1v) is 7.03. The molecule has 2 atom stereocenters. The van der Waals surface area contributed by atoms with E-state index in [0.717, 1.165) is 25.7 Å². The Morgan fingerprint density at radius 3 is 2.85 bits per heavy atom. The molecule has 0 aliphatic heterocycles. The molecule has 2 rings (SSSR count). The second-order valence-electron chi connectivity index (χ2n) is 5.23. The molecule has 1 aliphatic rings. The van der Waals surface area contributed by atoms with Gasteiger partial charge in [-0.25, -0.2) is 9.48 Å². The van der Waals surface area contributed by atoms with Gasteiger partial charge in [0.15, 0.2) is 5.69 Å². The first kappa shape index (κ1) is 14.5. The second-order valence-corrected chi connectivity index (χ2v) is 5.23. The van der Waals surface area contributed by atoms with Crippen molar-refractivity contribution in [3.05, 3.63) is 11.9 Å². The maximum Gasteiger partial charge on any atom is 0.358 e. The average molecular weight is 280 g/mol. The zero-order valence-electron chi connectivity index (χ0n) is 11.6. The standard InChI is InChI=1S/C13H20N4O3/c1-2-9-5-3-4-6-10(9)14-12(18)8-17-7-11(13(19)20)15-16-17/h7,9-10H,2-6,8H2,1H3,(H,14,18)(H,19,20). The summed E-state index contributed by atoms with van der Waals surface area (Å²) in [7, 11) is 0. The fourth-order valence-electron chi connectivity index (χ4n) is 2.76. The van der Waals surface area contributed by atoms with Crippen LogP contribution in [0.15, 0.2) is 6.20 Å². The zero-order valence-corrected chi connectivity index (χ0v) is 11.6. The van der Waals surface area contributed by atoms with Gasteiger partial charge in [-0.3, -0.25) is 4.79 Å². The fraction of sp³-hybridized carbons (Fsp3) is 0.692. The van der Waals surface area contributed by atoms with E-state index in [-0.39, 0.29) is 24.2 Å². The van der Waals surface area contributed by atoms with Crippen LogP contribution >= 0.6 is 0 Å². The van der Waals surface area contributed by atoms with E-state index in [2.05, 4.69) is 22.6 Å². The number of aromatic carboxylic acids is 1. The van der Waals surface area contributed by atoms with Crippen LogP contribution in [0.1, 0.15) is 49.5 Å². The molecule has 20 heavy (non-hydrogen) atoms. The number of carbonyl (C=O) groups excluding carboxylic acids is 1. The Balaban J connectivity index is 1.89. The third-order valence-corrected chi connectivity index (χ3v) is 3.84. The molecule has 7 heteroatoms. The Morgan fingerprint density at radius 2 is 2.20 bits per heavy atom. The van der Waals surface area contributed by atoms with Crippen LogP contribution in [0.2, 0.25) is 0 Å². The van der Waals surface area contributed by atoms with Gasteiger partial charge >= 0.3 is 5.97 Å². The minimum atomic E-state index is -1.14. The maximum absolute atomic E-state index is 12.0. The summed E-state index contributed by atoms with van der Waals surface area (Å²) in [6.45, 7) is 2.15. The second kappa shape index (κ2) is 6.49. The molecule has 110 valence electrons. The molecule has 1 amide bonds. The Bertz CT molecular complexity index is 486. The largest absolute Gasteiger partial charge is 0.476 e. The van der Waals surface area contributed by atoms with E-state index in [9.17, 15) is 9.59 Å². The molecule has 1 fully saturated rings. The molecule has 0 bridgehead atoms. The summed E-state index contributed by atoms with van der Waals surface area (Å²) in [6, 6.07) is 0.226. The van der Waals surface area contributed by atoms with Crippen molar-refractivity contribution < 1.29 is 14.7 Å². The number of carboxylic acid groups (broad SMARTS) is 1. The molecule has 1 saturated carbocycles. The van der Waals surface area contributed by atoms with Crippen LogP contribution in [-0.2, 0) is 11.3 Å². The molecule has 0 spiro atoms. The van der Waals surface area contributed by atoms with Crippen molar-refractivity contribution in [2.45, 2.75) is 51.6 Å². The smallest absolute Gasteiger partial charge is 0.358 e. The van der Waals surface area contributed by atoms with Gasteiger partial charge in [0.1, 0.15) is 6.54 Å². The van der Waals surface area contributed by atoms with Gasteiger partial charge in [-0.15, -0.1) is 5.10 Å². The van der Waals surface area contributed by atoms with Crippen LogP contribution in [0, 0.1) is 5.92 Å². The van der Waals surface area contributed by atoms with Gasteiger partial charge in [0, 0.05) is 6.04 Å². The van der Waals surface area contributed by atoms with Gasteiger partial charge in [0.25, 0.3) is 0 Å². The predicted molar refractivity (Wildman–Crippen MR) is 71.2 cm³/mol. The molecule has 2 N–H and O–H groups in total. The highest BCUT2D eigenvalue weighted by Crippen LogP contribution is 2.26. The molecule has 1 aliphatic carbocycles. The highest BCUT2D eigenvalue weighted by molar-refractivity contribution is 5.84. The lowest BCUT2D eigenvalue weighted by atomic mass is 9.83. The topological polar surface area (TPSA) is 97.1 Å². The number of carbonyl (C=O) groups is 2. The summed E-state index contributed by atoms with van der Waals surface area (Å²) < 4.78 is 1.25. The number of hydrogen-bond acceptors (Lipinski definition) is 4. The number of rotatable bonds is 5. The van der Waals surface area contributed by atoms with E-state index < -0.39 is 5.97 Å². The maximum atomic E-state index is 12.0. The highest BCUT2D eigenvalue weighted by atomic mass is 16.4. The molecular weight excluding hydrogens is 260 g/mol. The van der Waals surface area contributed by atoms with Gasteiger partial charge in [-0.05, 0) is 18.8 Å². The summed E-state index contributed by atoms with van der Waals surface area (Å²) in [5.41, 5.74) is -0.151. The van der Waals surface area contributed by atoms with Gasteiger partial charge in [-0.1, -0.05) is 31.4 Å². The van der Waals surface area contributed by atoms with E-state index in [1.807, 2.05) is 0 Å². The lowest BCUT2D eigenvalue weighted by molar-refractivity contribution is -0.123. The van der Waals surface area contributed by atoms with E-state index in [0.29, 0.717) is 5.92 Å². The summed E-state index contributed by atoms with van der Waals surface area (Å²) >= 11 is 0. The van der Waals surface area contributed by atoms with Crippen LogP contribution < -0.4 is 5.32 Å². The first-order chi connectivity index (χ1) is 9.60. The number of carboxylic acids is 1. The number of hydrogen-bond donors (Lipinski definition) is 2. The highest BCUT2D eigenvalue weighted by Gasteiger charge is 2.25. The number of amides is 1. The lowest BCUT2D eigenvalue weighted by Crippen LogP contribution is -2.43. The van der Waals surface area contributed by atoms with Gasteiger partial charge in [0.2, 0.25) is 5.91 Å².